The van der Waals surface area contributed by atoms with E-state index in [1.165, 1.54) is 19.4 Å². The number of halogens is 3. The number of aromatic amines is 1. The van der Waals surface area contributed by atoms with Crippen LogP contribution in [-0.2, 0) is 0 Å². The third-order valence-corrected chi connectivity index (χ3v) is 6.94. The molecular weight excluding hydrogens is 617 g/mol. The molecule has 4 aromatic carbocycles. The monoisotopic (exact) mass is 635 g/mol. The fraction of sp³-hybridized carbons (Fsp3) is 0.0333. The summed E-state index contributed by atoms with van der Waals surface area (Å²) in [5.74, 6) is -0.578. The first-order chi connectivity index (χ1) is 19.3. The maximum Gasteiger partial charge on any atom is 0.347 e. The van der Waals surface area contributed by atoms with Gasteiger partial charge in [-0.25, -0.2) is 10.2 Å². The van der Waals surface area contributed by atoms with Crippen LogP contribution in [0.5, 0.6) is 11.5 Å². The smallest absolute Gasteiger partial charge is 0.347 e. The Kier molecular flexibility index (Phi) is 8.21. The van der Waals surface area contributed by atoms with Gasteiger partial charge in [0.15, 0.2) is 0 Å². The molecule has 1 amide bonds. The zero-order chi connectivity index (χ0) is 28.2. The summed E-state index contributed by atoms with van der Waals surface area (Å²) in [6, 6.07) is 24.6. The lowest BCUT2D eigenvalue weighted by molar-refractivity contribution is 0.0730. The number of ether oxygens (including phenoxy) is 2. The van der Waals surface area contributed by atoms with Crippen molar-refractivity contribution in [1.82, 2.24) is 10.4 Å². The van der Waals surface area contributed by atoms with Gasteiger partial charge in [0.2, 0.25) is 0 Å². The van der Waals surface area contributed by atoms with Gasteiger partial charge in [0, 0.05) is 36.5 Å². The van der Waals surface area contributed by atoms with Crippen LogP contribution in [0.25, 0.3) is 22.0 Å². The number of nitrogens with zero attached hydrogens (tertiary/aromatic N) is 1. The molecule has 10 heteroatoms. The van der Waals surface area contributed by atoms with E-state index < -0.39 is 11.9 Å². The highest BCUT2D eigenvalue weighted by molar-refractivity contribution is 9.10. The molecule has 0 spiro atoms. The number of carbonyl (C=O) groups excluding carboxylic acids is 2. The molecule has 0 radical (unpaired) electrons. The van der Waals surface area contributed by atoms with E-state index in [2.05, 4.69) is 31.4 Å². The maximum absolute atomic E-state index is 13.3. The predicted molar refractivity (Wildman–Crippen MR) is 161 cm³/mol. The van der Waals surface area contributed by atoms with Gasteiger partial charge in [-0.2, -0.15) is 5.10 Å². The van der Waals surface area contributed by atoms with Crippen LogP contribution in [0.1, 0.15) is 26.4 Å². The second kappa shape index (κ2) is 12.0. The van der Waals surface area contributed by atoms with Crippen LogP contribution < -0.4 is 14.9 Å². The standard InChI is InChI=1S/C30H20BrCl2N3O4/c1-39-26-12-9-21(33)15-23(26)30(38)40-25-11-7-19(31)13-18(25)16-34-36-29(37)28-27(17-5-3-2-4-6-17)22-14-20(32)8-10-24(22)35-28/h2-16,35H,1H3,(H,36,37). The lowest BCUT2D eigenvalue weighted by Crippen LogP contribution is -2.19. The molecule has 0 unspecified atom stereocenters. The number of carbonyl (C=O) groups is 2. The van der Waals surface area contributed by atoms with E-state index in [1.54, 1.807) is 36.4 Å². The number of amides is 1. The molecule has 0 saturated heterocycles. The molecule has 5 aromatic rings. The first-order valence-electron chi connectivity index (χ1n) is 11.9. The number of methoxy groups -OCH3 is 1. The molecule has 0 fully saturated rings. The zero-order valence-corrected chi connectivity index (χ0v) is 24.0. The normalized spacial score (nSPS) is 11.1. The number of fused-ring (bicyclic) bond motifs is 1. The van der Waals surface area contributed by atoms with Crippen LogP contribution in [0.2, 0.25) is 10.0 Å². The van der Waals surface area contributed by atoms with Crippen LogP contribution in [0, 0.1) is 0 Å². The molecule has 2 N–H and O–H groups in total. The molecule has 7 nitrogen and oxygen atoms in total. The number of benzene rings is 4. The Morgan fingerprint density at radius 1 is 0.925 bits per heavy atom. The van der Waals surface area contributed by atoms with Crippen LogP contribution in [0.15, 0.2) is 94.5 Å². The molecule has 0 aliphatic carbocycles. The summed E-state index contributed by atoms with van der Waals surface area (Å²) in [5.41, 5.74) is 5.82. The van der Waals surface area contributed by atoms with Crippen molar-refractivity contribution >= 4 is 68.1 Å². The van der Waals surface area contributed by atoms with Crippen molar-refractivity contribution < 1.29 is 19.1 Å². The summed E-state index contributed by atoms with van der Waals surface area (Å²) in [6.45, 7) is 0. The second-order valence-electron chi connectivity index (χ2n) is 8.55. The molecule has 1 heterocycles. The summed E-state index contributed by atoms with van der Waals surface area (Å²) < 4.78 is 11.6. The number of hydrogen-bond acceptors (Lipinski definition) is 5. The Balaban J connectivity index is 1.42. The third-order valence-electron chi connectivity index (χ3n) is 5.98. The van der Waals surface area contributed by atoms with Gasteiger partial charge in [-0.05, 0) is 60.2 Å². The van der Waals surface area contributed by atoms with Crippen LogP contribution >= 0.6 is 39.1 Å². The van der Waals surface area contributed by atoms with Crippen molar-refractivity contribution in [3.63, 3.8) is 0 Å². The number of hydrazone groups is 1. The largest absolute Gasteiger partial charge is 0.496 e. The minimum Gasteiger partial charge on any atom is -0.496 e. The fourth-order valence-corrected chi connectivity index (χ4v) is 4.89. The molecule has 1 aromatic heterocycles. The van der Waals surface area contributed by atoms with Crippen molar-refractivity contribution in [3.8, 4) is 22.6 Å². The summed E-state index contributed by atoms with van der Waals surface area (Å²) in [6.07, 6.45) is 1.39. The minimum absolute atomic E-state index is 0.168. The van der Waals surface area contributed by atoms with E-state index in [0.717, 1.165) is 20.9 Å². The minimum atomic E-state index is -0.662. The highest BCUT2D eigenvalue weighted by Crippen LogP contribution is 2.34. The highest BCUT2D eigenvalue weighted by atomic mass is 79.9. The Morgan fingerprint density at radius 2 is 1.65 bits per heavy atom. The molecule has 0 bridgehead atoms. The van der Waals surface area contributed by atoms with E-state index in [1.807, 2.05) is 42.5 Å². The first kappa shape index (κ1) is 27.5. The van der Waals surface area contributed by atoms with Gasteiger partial charge in [0.05, 0.1) is 13.3 Å². The predicted octanol–water partition coefficient (Wildman–Crippen LogP) is 7.90. The van der Waals surface area contributed by atoms with Crippen molar-refractivity contribution in [2.24, 2.45) is 5.10 Å². The van der Waals surface area contributed by atoms with E-state index in [-0.39, 0.29) is 11.3 Å². The van der Waals surface area contributed by atoms with Crippen LogP contribution in [0.3, 0.4) is 0 Å². The Morgan fingerprint density at radius 3 is 2.42 bits per heavy atom. The number of nitrogens with one attached hydrogen (secondary N) is 2. The molecule has 0 aliphatic heterocycles. The summed E-state index contributed by atoms with van der Waals surface area (Å²) in [4.78, 5) is 29.4. The number of esters is 1. The average molecular weight is 637 g/mol. The lowest BCUT2D eigenvalue weighted by atomic mass is 10.0. The van der Waals surface area contributed by atoms with Crippen molar-refractivity contribution in [1.29, 1.82) is 0 Å². The summed E-state index contributed by atoms with van der Waals surface area (Å²) in [5, 5.41) is 5.87. The number of aromatic nitrogens is 1. The van der Waals surface area contributed by atoms with Gasteiger partial charge >= 0.3 is 5.97 Å². The molecule has 0 saturated carbocycles. The van der Waals surface area contributed by atoms with Crippen molar-refractivity contribution in [3.05, 3.63) is 116 Å². The van der Waals surface area contributed by atoms with Gasteiger partial charge in [0.25, 0.3) is 5.91 Å². The topological polar surface area (TPSA) is 92.8 Å². The summed E-state index contributed by atoms with van der Waals surface area (Å²) in [7, 11) is 1.45. The lowest BCUT2D eigenvalue weighted by Gasteiger charge is -2.11. The van der Waals surface area contributed by atoms with Crippen LogP contribution in [0.4, 0.5) is 0 Å². The van der Waals surface area contributed by atoms with Gasteiger partial charge in [0.1, 0.15) is 22.8 Å². The van der Waals surface area contributed by atoms with Crippen molar-refractivity contribution in [2.45, 2.75) is 0 Å². The van der Waals surface area contributed by atoms with Gasteiger partial charge in [-0.3, -0.25) is 4.79 Å². The van der Waals surface area contributed by atoms with E-state index in [4.69, 9.17) is 32.7 Å². The number of H-pyrrole nitrogens is 1. The Labute approximate surface area is 247 Å². The Hall–Kier alpha value is -4.11. The number of rotatable bonds is 7. The number of hydrogen-bond donors (Lipinski definition) is 2. The fourth-order valence-electron chi connectivity index (χ4n) is 4.16. The summed E-state index contributed by atoms with van der Waals surface area (Å²) >= 11 is 15.7. The first-order valence-corrected chi connectivity index (χ1v) is 13.4. The van der Waals surface area contributed by atoms with E-state index in [0.29, 0.717) is 32.6 Å². The van der Waals surface area contributed by atoms with E-state index in [9.17, 15) is 9.59 Å². The molecule has 200 valence electrons. The van der Waals surface area contributed by atoms with Gasteiger partial charge in [-0.15, -0.1) is 0 Å². The average Bonchev–Trinajstić information content (AvgIpc) is 3.33. The van der Waals surface area contributed by atoms with E-state index >= 15 is 0 Å². The molecule has 0 atom stereocenters. The zero-order valence-electron chi connectivity index (χ0n) is 20.9. The molecule has 0 aliphatic rings. The third kappa shape index (κ3) is 5.89. The van der Waals surface area contributed by atoms with Gasteiger partial charge < -0.3 is 14.5 Å². The molecule has 40 heavy (non-hydrogen) atoms. The Bertz CT molecular complexity index is 1770. The SMILES string of the molecule is COc1ccc(Cl)cc1C(=O)Oc1ccc(Br)cc1C=NNC(=O)c1[nH]c2ccc(Cl)cc2c1-c1ccccc1. The van der Waals surface area contributed by atoms with Crippen molar-refractivity contribution in [2.75, 3.05) is 7.11 Å². The maximum atomic E-state index is 13.3. The van der Waals surface area contributed by atoms with Crippen LogP contribution in [-0.4, -0.2) is 30.2 Å². The second-order valence-corrected chi connectivity index (χ2v) is 10.3. The molecular formula is C30H20BrCl2N3O4. The highest BCUT2D eigenvalue weighted by Gasteiger charge is 2.20. The quantitative estimate of drug-likeness (QED) is 0.0822. The van der Waals surface area contributed by atoms with Gasteiger partial charge in [-0.1, -0.05) is 69.5 Å². The molecule has 5 rings (SSSR count).